The third kappa shape index (κ3) is 5.39. The molecule has 0 spiro atoms. The molecule has 0 fully saturated rings. The Morgan fingerprint density at radius 1 is 1.37 bits per heavy atom. The van der Waals surface area contributed by atoms with E-state index in [1.54, 1.807) is 18.2 Å². The standard InChI is InChI=1S/C14H20Cl2N2O/c1-2-3-5-10(9-17)18-14(19)8-11-12(15)6-4-7-13(11)16/h4,6-7,10H,2-3,5,8-9,17H2,1H3,(H,18,19). The van der Waals surface area contributed by atoms with Crippen LogP contribution in [0.15, 0.2) is 18.2 Å². The van der Waals surface area contributed by atoms with Gasteiger partial charge < -0.3 is 11.1 Å². The summed E-state index contributed by atoms with van der Waals surface area (Å²) < 4.78 is 0. The lowest BCUT2D eigenvalue weighted by molar-refractivity contribution is -0.121. The van der Waals surface area contributed by atoms with Crippen LogP contribution < -0.4 is 11.1 Å². The number of unbranched alkanes of at least 4 members (excludes halogenated alkanes) is 1. The quantitative estimate of drug-likeness (QED) is 0.813. The van der Waals surface area contributed by atoms with Crippen LogP contribution in [0.5, 0.6) is 0 Å². The number of hydrogen-bond acceptors (Lipinski definition) is 2. The van der Waals surface area contributed by atoms with Crippen LogP contribution in [0.4, 0.5) is 0 Å². The van der Waals surface area contributed by atoms with Crippen molar-refractivity contribution in [2.24, 2.45) is 5.73 Å². The van der Waals surface area contributed by atoms with Gasteiger partial charge in [0.05, 0.1) is 6.42 Å². The first-order valence-electron chi connectivity index (χ1n) is 6.50. The van der Waals surface area contributed by atoms with Crippen molar-refractivity contribution in [3.8, 4) is 0 Å². The van der Waals surface area contributed by atoms with E-state index in [-0.39, 0.29) is 18.4 Å². The van der Waals surface area contributed by atoms with Gasteiger partial charge in [0, 0.05) is 22.6 Å². The highest BCUT2D eigenvalue weighted by molar-refractivity contribution is 6.36. The summed E-state index contributed by atoms with van der Waals surface area (Å²) in [6.07, 6.45) is 3.22. The number of carbonyl (C=O) groups excluding carboxylic acids is 1. The van der Waals surface area contributed by atoms with E-state index in [4.69, 9.17) is 28.9 Å². The molecule has 1 aromatic carbocycles. The Morgan fingerprint density at radius 3 is 2.53 bits per heavy atom. The van der Waals surface area contributed by atoms with Crippen LogP contribution in [0.1, 0.15) is 31.7 Å². The van der Waals surface area contributed by atoms with Gasteiger partial charge in [-0.2, -0.15) is 0 Å². The molecule has 0 radical (unpaired) electrons. The maximum absolute atomic E-state index is 12.0. The molecule has 0 heterocycles. The van der Waals surface area contributed by atoms with Gasteiger partial charge in [-0.3, -0.25) is 4.79 Å². The Morgan fingerprint density at radius 2 is 2.00 bits per heavy atom. The summed E-state index contributed by atoms with van der Waals surface area (Å²) in [5, 5.41) is 3.95. The van der Waals surface area contributed by atoms with Crippen molar-refractivity contribution in [3.63, 3.8) is 0 Å². The van der Waals surface area contributed by atoms with Gasteiger partial charge in [-0.05, 0) is 24.1 Å². The van der Waals surface area contributed by atoms with Crippen LogP contribution in [-0.4, -0.2) is 18.5 Å². The number of benzene rings is 1. The number of hydrogen-bond donors (Lipinski definition) is 2. The van der Waals surface area contributed by atoms with Gasteiger partial charge in [0.25, 0.3) is 0 Å². The third-order valence-electron chi connectivity index (χ3n) is 2.95. The highest BCUT2D eigenvalue weighted by Crippen LogP contribution is 2.24. The Labute approximate surface area is 124 Å². The maximum Gasteiger partial charge on any atom is 0.224 e. The molecule has 0 saturated carbocycles. The van der Waals surface area contributed by atoms with Crippen LogP contribution in [0, 0.1) is 0 Å². The summed E-state index contributed by atoms with van der Waals surface area (Å²) in [7, 11) is 0. The average molecular weight is 303 g/mol. The second-order valence-electron chi connectivity index (χ2n) is 4.52. The number of amides is 1. The van der Waals surface area contributed by atoms with E-state index >= 15 is 0 Å². The van der Waals surface area contributed by atoms with Crippen LogP contribution >= 0.6 is 23.2 Å². The fraction of sp³-hybridized carbons (Fsp3) is 0.500. The molecule has 1 atom stereocenters. The number of halogens is 2. The summed E-state index contributed by atoms with van der Waals surface area (Å²) in [6, 6.07) is 5.24. The van der Waals surface area contributed by atoms with Crippen molar-refractivity contribution in [2.75, 3.05) is 6.54 Å². The van der Waals surface area contributed by atoms with Gasteiger partial charge >= 0.3 is 0 Å². The maximum atomic E-state index is 12.0. The second kappa shape index (κ2) is 8.41. The zero-order valence-corrected chi connectivity index (χ0v) is 12.6. The molecule has 1 unspecified atom stereocenters. The molecule has 0 aliphatic rings. The van der Waals surface area contributed by atoms with Crippen molar-refractivity contribution < 1.29 is 4.79 Å². The van der Waals surface area contributed by atoms with Crippen molar-refractivity contribution in [1.29, 1.82) is 0 Å². The Kier molecular flexibility index (Phi) is 7.21. The Hall–Kier alpha value is -0.770. The van der Waals surface area contributed by atoms with E-state index in [1.165, 1.54) is 0 Å². The first-order chi connectivity index (χ1) is 9.08. The van der Waals surface area contributed by atoms with E-state index in [0.717, 1.165) is 19.3 Å². The van der Waals surface area contributed by atoms with Gasteiger partial charge in [-0.15, -0.1) is 0 Å². The largest absolute Gasteiger partial charge is 0.352 e. The van der Waals surface area contributed by atoms with Crippen LogP contribution in [0.2, 0.25) is 10.0 Å². The minimum atomic E-state index is -0.0958. The van der Waals surface area contributed by atoms with Crippen molar-refractivity contribution >= 4 is 29.1 Å². The second-order valence-corrected chi connectivity index (χ2v) is 5.33. The SMILES string of the molecule is CCCCC(CN)NC(=O)Cc1c(Cl)cccc1Cl. The fourth-order valence-electron chi connectivity index (χ4n) is 1.84. The van der Waals surface area contributed by atoms with Gasteiger partial charge in [0.2, 0.25) is 5.91 Å². The smallest absolute Gasteiger partial charge is 0.224 e. The van der Waals surface area contributed by atoms with Gasteiger partial charge in [-0.1, -0.05) is 49.0 Å². The van der Waals surface area contributed by atoms with E-state index in [0.29, 0.717) is 22.2 Å². The Bertz CT molecular complexity index is 404. The van der Waals surface area contributed by atoms with Crippen LogP contribution in [-0.2, 0) is 11.2 Å². The third-order valence-corrected chi connectivity index (χ3v) is 3.66. The number of nitrogens with one attached hydrogen (secondary N) is 1. The lowest BCUT2D eigenvalue weighted by Gasteiger charge is -2.17. The predicted octanol–water partition coefficient (Wildman–Crippen LogP) is 3.17. The van der Waals surface area contributed by atoms with Crippen LogP contribution in [0.3, 0.4) is 0 Å². The Balaban J connectivity index is 2.59. The monoisotopic (exact) mass is 302 g/mol. The molecular formula is C14H20Cl2N2O. The topological polar surface area (TPSA) is 55.1 Å². The molecule has 0 aromatic heterocycles. The fourth-order valence-corrected chi connectivity index (χ4v) is 2.37. The van der Waals surface area contributed by atoms with E-state index in [1.807, 2.05) is 0 Å². The minimum absolute atomic E-state index is 0.0220. The highest BCUT2D eigenvalue weighted by Gasteiger charge is 2.14. The summed E-state index contributed by atoms with van der Waals surface area (Å²) in [5.74, 6) is -0.0958. The lowest BCUT2D eigenvalue weighted by atomic mass is 10.1. The van der Waals surface area contributed by atoms with Crippen molar-refractivity contribution in [2.45, 2.75) is 38.6 Å². The number of rotatable bonds is 7. The molecule has 0 bridgehead atoms. The molecule has 0 aliphatic heterocycles. The predicted molar refractivity (Wildman–Crippen MR) is 80.7 cm³/mol. The molecule has 1 rings (SSSR count). The molecule has 106 valence electrons. The molecule has 0 aliphatic carbocycles. The average Bonchev–Trinajstić information content (AvgIpc) is 2.39. The number of carbonyl (C=O) groups is 1. The molecule has 3 nitrogen and oxygen atoms in total. The van der Waals surface area contributed by atoms with Crippen molar-refractivity contribution in [1.82, 2.24) is 5.32 Å². The lowest BCUT2D eigenvalue weighted by Crippen LogP contribution is -2.40. The van der Waals surface area contributed by atoms with Gasteiger partial charge in [0.1, 0.15) is 0 Å². The van der Waals surface area contributed by atoms with E-state index in [2.05, 4.69) is 12.2 Å². The molecule has 0 saturated heterocycles. The minimum Gasteiger partial charge on any atom is -0.352 e. The molecule has 1 aromatic rings. The van der Waals surface area contributed by atoms with E-state index < -0.39 is 0 Å². The number of nitrogens with two attached hydrogens (primary N) is 1. The zero-order chi connectivity index (χ0) is 14.3. The molecule has 5 heteroatoms. The highest BCUT2D eigenvalue weighted by atomic mass is 35.5. The first kappa shape index (κ1) is 16.3. The van der Waals surface area contributed by atoms with Gasteiger partial charge in [0.15, 0.2) is 0 Å². The zero-order valence-electron chi connectivity index (χ0n) is 11.1. The molecular weight excluding hydrogens is 283 g/mol. The van der Waals surface area contributed by atoms with Gasteiger partial charge in [-0.25, -0.2) is 0 Å². The summed E-state index contributed by atoms with van der Waals surface area (Å²) in [6.45, 7) is 2.56. The van der Waals surface area contributed by atoms with Crippen molar-refractivity contribution in [3.05, 3.63) is 33.8 Å². The molecule has 3 N–H and O–H groups in total. The summed E-state index contributed by atoms with van der Waals surface area (Å²) in [5.41, 5.74) is 6.31. The first-order valence-corrected chi connectivity index (χ1v) is 7.26. The molecule has 19 heavy (non-hydrogen) atoms. The molecule has 1 amide bonds. The summed E-state index contributed by atoms with van der Waals surface area (Å²) in [4.78, 5) is 12.0. The normalized spacial score (nSPS) is 12.2. The van der Waals surface area contributed by atoms with Crippen LogP contribution in [0.25, 0.3) is 0 Å². The summed E-state index contributed by atoms with van der Waals surface area (Å²) >= 11 is 12.1. The van der Waals surface area contributed by atoms with E-state index in [9.17, 15) is 4.79 Å².